The maximum Gasteiger partial charge on any atom is 0.341 e. The molecule has 1 aliphatic heterocycles. The van der Waals surface area contributed by atoms with Crippen LogP contribution in [0.5, 0.6) is 0 Å². The summed E-state index contributed by atoms with van der Waals surface area (Å²) >= 11 is 1.30. The molecule has 28 heavy (non-hydrogen) atoms. The van der Waals surface area contributed by atoms with Gasteiger partial charge in [-0.1, -0.05) is 19.1 Å². The first-order chi connectivity index (χ1) is 13.4. The van der Waals surface area contributed by atoms with E-state index in [9.17, 15) is 19.2 Å². The van der Waals surface area contributed by atoms with E-state index in [0.29, 0.717) is 29.8 Å². The summed E-state index contributed by atoms with van der Waals surface area (Å²) in [7, 11) is 0. The molecule has 0 spiro atoms. The molecule has 150 valence electrons. The number of carbonyl (C=O) groups is 4. The van der Waals surface area contributed by atoms with Crippen molar-refractivity contribution in [3.05, 3.63) is 28.2 Å². The summed E-state index contributed by atoms with van der Waals surface area (Å²) in [6, 6.07) is 0. The number of amides is 3. The number of rotatable bonds is 6. The molecule has 1 aromatic rings. The second kappa shape index (κ2) is 8.26. The molecule has 1 fully saturated rings. The van der Waals surface area contributed by atoms with E-state index in [1.165, 1.54) is 11.3 Å². The number of fused-ring (bicyclic) bond motifs is 1. The van der Waals surface area contributed by atoms with Gasteiger partial charge in [0.2, 0.25) is 17.7 Å². The van der Waals surface area contributed by atoms with Crippen molar-refractivity contribution in [3.63, 3.8) is 0 Å². The van der Waals surface area contributed by atoms with Crippen LogP contribution in [0.25, 0.3) is 0 Å². The molecule has 0 aromatic carbocycles. The zero-order valence-electron chi connectivity index (χ0n) is 16.2. The van der Waals surface area contributed by atoms with Crippen LogP contribution in [-0.4, -0.2) is 41.7 Å². The standard InChI is InChI=1S/C20H24N2O5S/c1-4-12-11(3)28-17(16(12)20(26)27-5-2)21-15(23)10-22-18(24)13-8-6-7-9-14(13)19(22)25/h6-7,13-14H,4-5,8-10H2,1-3H3,(H,21,23)/t13-,14-/m0/s1. The number of ether oxygens (including phenoxy) is 1. The SMILES string of the molecule is CCOC(=O)c1c(NC(=O)CN2C(=O)[C@H]3CC=CC[C@@H]3C2=O)sc(C)c1CC. The minimum absolute atomic E-state index is 0.234. The van der Waals surface area contributed by atoms with Crippen molar-refractivity contribution in [1.29, 1.82) is 0 Å². The van der Waals surface area contributed by atoms with Gasteiger partial charge in [0.15, 0.2) is 0 Å². The Morgan fingerprint density at radius 1 is 1.18 bits per heavy atom. The maximum atomic E-state index is 12.6. The van der Waals surface area contributed by atoms with E-state index in [-0.39, 0.29) is 36.8 Å². The van der Waals surface area contributed by atoms with Crippen molar-refractivity contribution < 1.29 is 23.9 Å². The number of allylic oxidation sites excluding steroid dienone is 2. The van der Waals surface area contributed by atoms with Crippen LogP contribution in [0, 0.1) is 18.8 Å². The summed E-state index contributed by atoms with van der Waals surface area (Å²) in [5.41, 5.74) is 1.20. The number of thiophene rings is 1. The van der Waals surface area contributed by atoms with E-state index < -0.39 is 11.9 Å². The Morgan fingerprint density at radius 2 is 1.79 bits per heavy atom. The highest BCUT2D eigenvalue weighted by Crippen LogP contribution is 2.36. The lowest BCUT2D eigenvalue weighted by atomic mass is 9.85. The van der Waals surface area contributed by atoms with Crippen LogP contribution < -0.4 is 5.32 Å². The number of anilines is 1. The van der Waals surface area contributed by atoms with E-state index in [2.05, 4.69) is 5.32 Å². The first-order valence-corrected chi connectivity index (χ1v) is 10.3. The normalized spacial score (nSPS) is 21.0. The second-order valence-electron chi connectivity index (χ2n) is 6.88. The van der Waals surface area contributed by atoms with Crippen molar-refractivity contribution in [1.82, 2.24) is 4.90 Å². The molecule has 3 rings (SSSR count). The third kappa shape index (κ3) is 3.61. The van der Waals surface area contributed by atoms with Gasteiger partial charge in [-0.05, 0) is 38.7 Å². The van der Waals surface area contributed by atoms with E-state index in [0.717, 1.165) is 15.3 Å². The Hall–Kier alpha value is -2.48. The van der Waals surface area contributed by atoms with Crippen molar-refractivity contribution in [3.8, 4) is 0 Å². The fraction of sp³-hybridized carbons (Fsp3) is 0.500. The van der Waals surface area contributed by atoms with Crippen molar-refractivity contribution in [2.24, 2.45) is 11.8 Å². The number of likely N-dealkylation sites (tertiary alicyclic amines) is 1. The summed E-state index contributed by atoms with van der Waals surface area (Å²) in [6.45, 7) is 5.43. The van der Waals surface area contributed by atoms with E-state index in [4.69, 9.17) is 4.74 Å². The van der Waals surface area contributed by atoms with E-state index in [1.54, 1.807) is 6.92 Å². The lowest BCUT2D eigenvalue weighted by molar-refractivity contribution is -0.142. The Bertz CT molecular complexity index is 831. The number of nitrogens with zero attached hydrogens (tertiary/aromatic N) is 1. The summed E-state index contributed by atoms with van der Waals surface area (Å²) in [5, 5.41) is 3.11. The number of esters is 1. The van der Waals surface area contributed by atoms with Gasteiger partial charge in [0.25, 0.3) is 0 Å². The Morgan fingerprint density at radius 3 is 2.32 bits per heavy atom. The quantitative estimate of drug-likeness (QED) is 0.447. The number of carbonyl (C=O) groups excluding carboxylic acids is 4. The highest BCUT2D eigenvalue weighted by Gasteiger charge is 2.47. The molecule has 3 amide bonds. The first kappa shape index (κ1) is 20.3. The van der Waals surface area contributed by atoms with Crippen LogP contribution in [0.1, 0.15) is 47.5 Å². The monoisotopic (exact) mass is 404 g/mol. The molecule has 0 radical (unpaired) electrons. The van der Waals surface area contributed by atoms with Gasteiger partial charge in [-0.2, -0.15) is 0 Å². The Balaban J connectivity index is 1.76. The predicted octanol–water partition coefficient (Wildman–Crippen LogP) is 2.69. The molecule has 2 atom stereocenters. The van der Waals surface area contributed by atoms with Crippen molar-refractivity contribution >= 4 is 40.0 Å². The topological polar surface area (TPSA) is 92.8 Å². The molecule has 0 saturated carbocycles. The molecule has 1 saturated heterocycles. The smallest absolute Gasteiger partial charge is 0.341 e. The number of imide groups is 1. The second-order valence-corrected chi connectivity index (χ2v) is 8.11. The first-order valence-electron chi connectivity index (χ1n) is 9.48. The number of hydrogen-bond acceptors (Lipinski definition) is 6. The highest BCUT2D eigenvalue weighted by atomic mass is 32.1. The zero-order chi connectivity index (χ0) is 20.4. The van der Waals surface area contributed by atoms with Crippen LogP contribution in [-0.2, 0) is 25.5 Å². The fourth-order valence-electron chi connectivity index (χ4n) is 3.85. The summed E-state index contributed by atoms with van der Waals surface area (Å²) in [5.74, 6) is -2.30. The van der Waals surface area contributed by atoms with Gasteiger partial charge in [-0.25, -0.2) is 4.79 Å². The number of hydrogen-bond donors (Lipinski definition) is 1. The molecule has 0 unspecified atom stereocenters. The Kier molecular flexibility index (Phi) is 5.98. The molecule has 2 heterocycles. The summed E-state index contributed by atoms with van der Waals surface area (Å²) < 4.78 is 5.13. The van der Waals surface area contributed by atoms with Gasteiger partial charge in [0.05, 0.1) is 24.0 Å². The molecular weight excluding hydrogens is 380 g/mol. The van der Waals surface area contributed by atoms with Gasteiger partial charge < -0.3 is 10.1 Å². The third-order valence-corrected chi connectivity index (χ3v) is 6.26. The summed E-state index contributed by atoms with van der Waals surface area (Å²) in [6.07, 6.45) is 5.50. The molecular formula is C20H24N2O5S. The zero-order valence-corrected chi connectivity index (χ0v) is 17.1. The van der Waals surface area contributed by atoms with Crippen LogP contribution >= 0.6 is 11.3 Å². The minimum Gasteiger partial charge on any atom is -0.462 e. The molecule has 7 nitrogen and oxygen atoms in total. The lowest BCUT2D eigenvalue weighted by Crippen LogP contribution is -2.38. The van der Waals surface area contributed by atoms with Crippen LogP contribution in [0.4, 0.5) is 5.00 Å². The third-order valence-electron chi connectivity index (χ3n) is 5.20. The average molecular weight is 404 g/mol. The van der Waals surface area contributed by atoms with Gasteiger partial charge in [0.1, 0.15) is 11.5 Å². The van der Waals surface area contributed by atoms with E-state index >= 15 is 0 Å². The molecule has 1 N–H and O–H groups in total. The molecule has 8 heteroatoms. The molecule has 0 bridgehead atoms. The van der Waals surface area contributed by atoms with Crippen molar-refractivity contribution in [2.75, 3.05) is 18.5 Å². The largest absolute Gasteiger partial charge is 0.462 e. The van der Waals surface area contributed by atoms with Gasteiger partial charge in [-0.3, -0.25) is 19.3 Å². The van der Waals surface area contributed by atoms with Crippen LogP contribution in [0.15, 0.2) is 12.2 Å². The molecule has 2 aliphatic rings. The predicted molar refractivity (Wildman–Crippen MR) is 105 cm³/mol. The van der Waals surface area contributed by atoms with Gasteiger partial charge in [0, 0.05) is 4.88 Å². The fourth-order valence-corrected chi connectivity index (χ4v) is 5.00. The van der Waals surface area contributed by atoms with Gasteiger partial charge in [-0.15, -0.1) is 11.3 Å². The molecule has 1 aliphatic carbocycles. The summed E-state index contributed by atoms with van der Waals surface area (Å²) in [4.78, 5) is 52.0. The average Bonchev–Trinajstić information content (AvgIpc) is 3.11. The number of nitrogens with one attached hydrogen (secondary N) is 1. The molecule has 1 aromatic heterocycles. The lowest BCUT2D eigenvalue weighted by Gasteiger charge is -2.14. The van der Waals surface area contributed by atoms with E-state index in [1.807, 2.05) is 26.0 Å². The minimum atomic E-state index is -0.497. The van der Waals surface area contributed by atoms with Crippen LogP contribution in [0.2, 0.25) is 0 Å². The van der Waals surface area contributed by atoms with Gasteiger partial charge >= 0.3 is 5.97 Å². The highest BCUT2D eigenvalue weighted by molar-refractivity contribution is 7.16. The van der Waals surface area contributed by atoms with Crippen molar-refractivity contribution in [2.45, 2.75) is 40.0 Å². The Labute approximate surface area is 167 Å². The maximum absolute atomic E-state index is 12.6. The number of aryl methyl sites for hydroxylation is 1. The van der Waals surface area contributed by atoms with Crippen LogP contribution in [0.3, 0.4) is 0 Å².